The minimum absolute atomic E-state index is 0.175. The van der Waals surface area contributed by atoms with Gasteiger partial charge in [0, 0.05) is 32.3 Å². The summed E-state index contributed by atoms with van der Waals surface area (Å²) in [6, 6.07) is 8.62. The van der Waals surface area contributed by atoms with Crippen molar-refractivity contribution < 1.29 is 13.9 Å². The number of amides is 1. The van der Waals surface area contributed by atoms with Crippen LogP contribution in [0, 0.1) is 12.7 Å². The standard InChI is InChI=1S/C28H25FN8O2/c1-5-24(38)36(3)12-6-7-18-8-9-21-26(34-18)27(32-15-31-21)35-20-10-11-23(17(2)25(20)29)39-19-13-22-28(30-14-19)37(4)16-33-22/h5-11,13-16H,1,12H2,2-4H3,(H,31,32,35). The summed E-state index contributed by atoms with van der Waals surface area (Å²) < 4.78 is 23.2. The number of aryl methyl sites for hydroxylation is 1. The van der Waals surface area contributed by atoms with Crippen molar-refractivity contribution in [2.75, 3.05) is 18.9 Å². The fourth-order valence-corrected chi connectivity index (χ4v) is 3.90. The van der Waals surface area contributed by atoms with Crippen LogP contribution < -0.4 is 10.1 Å². The Labute approximate surface area is 223 Å². The van der Waals surface area contributed by atoms with Gasteiger partial charge in [-0.05, 0) is 43.3 Å². The first-order valence-electron chi connectivity index (χ1n) is 12.0. The summed E-state index contributed by atoms with van der Waals surface area (Å²) in [4.78, 5) is 35.0. The molecule has 0 unspecified atom stereocenters. The molecular weight excluding hydrogens is 499 g/mol. The van der Waals surface area contributed by atoms with E-state index in [0.29, 0.717) is 51.7 Å². The molecule has 0 aliphatic heterocycles. The molecule has 4 heterocycles. The Morgan fingerprint density at radius 3 is 2.85 bits per heavy atom. The van der Waals surface area contributed by atoms with Crippen LogP contribution in [-0.4, -0.2) is 53.9 Å². The Morgan fingerprint density at radius 2 is 2.03 bits per heavy atom. The van der Waals surface area contributed by atoms with Crippen molar-refractivity contribution >= 4 is 45.7 Å². The molecule has 5 rings (SSSR count). The number of likely N-dealkylation sites (N-methyl/N-ethyl adjacent to an activating group) is 1. The topological polar surface area (TPSA) is 111 Å². The molecule has 0 fully saturated rings. The molecule has 0 saturated carbocycles. The highest BCUT2D eigenvalue weighted by Crippen LogP contribution is 2.33. The number of hydrogen-bond donors (Lipinski definition) is 1. The Hall–Kier alpha value is -5.19. The van der Waals surface area contributed by atoms with E-state index in [2.05, 4.69) is 36.8 Å². The quantitative estimate of drug-likeness (QED) is 0.284. The van der Waals surface area contributed by atoms with Crippen molar-refractivity contribution in [1.82, 2.24) is 34.4 Å². The fraction of sp³-hybridized carbons (Fsp3) is 0.143. The minimum atomic E-state index is -0.489. The summed E-state index contributed by atoms with van der Waals surface area (Å²) >= 11 is 0. The Morgan fingerprint density at radius 1 is 1.18 bits per heavy atom. The van der Waals surface area contributed by atoms with Gasteiger partial charge in [-0.3, -0.25) is 4.79 Å². The number of anilines is 2. The average molecular weight is 525 g/mol. The number of fused-ring (bicyclic) bond motifs is 2. The highest BCUT2D eigenvalue weighted by atomic mass is 19.1. The second-order valence-electron chi connectivity index (χ2n) is 8.80. The van der Waals surface area contributed by atoms with Gasteiger partial charge in [-0.25, -0.2) is 29.3 Å². The van der Waals surface area contributed by atoms with Crippen molar-refractivity contribution in [1.29, 1.82) is 0 Å². The molecule has 1 aromatic carbocycles. The van der Waals surface area contributed by atoms with Crippen LogP contribution in [0.15, 0.2) is 67.9 Å². The van der Waals surface area contributed by atoms with E-state index in [1.165, 1.54) is 17.3 Å². The van der Waals surface area contributed by atoms with Crippen LogP contribution in [0.25, 0.3) is 28.3 Å². The van der Waals surface area contributed by atoms with Crippen molar-refractivity contribution in [3.63, 3.8) is 0 Å². The molecule has 1 N–H and O–H groups in total. The molecule has 1 amide bonds. The molecule has 39 heavy (non-hydrogen) atoms. The van der Waals surface area contributed by atoms with Gasteiger partial charge >= 0.3 is 0 Å². The summed E-state index contributed by atoms with van der Waals surface area (Å²) in [6.07, 6.45) is 9.50. The van der Waals surface area contributed by atoms with Crippen molar-refractivity contribution in [3.8, 4) is 11.5 Å². The van der Waals surface area contributed by atoms with Crippen LogP contribution >= 0.6 is 0 Å². The van der Waals surface area contributed by atoms with E-state index < -0.39 is 5.82 Å². The summed E-state index contributed by atoms with van der Waals surface area (Å²) in [5.41, 5.74) is 3.64. The number of pyridine rings is 2. The predicted octanol–water partition coefficient (Wildman–Crippen LogP) is 4.95. The number of benzene rings is 1. The number of nitrogens with one attached hydrogen (secondary N) is 1. The molecule has 0 aliphatic carbocycles. The molecule has 0 bridgehead atoms. The fourth-order valence-electron chi connectivity index (χ4n) is 3.90. The molecule has 10 nitrogen and oxygen atoms in total. The van der Waals surface area contributed by atoms with Gasteiger partial charge in [-0.15, -0.1) is 0 Å². The number of imidazole rings is 1. The van der Waals surface area contributed by atoms with Gasteiger partial charge in [-0.2, -0.15) is 0 Å². The Kier molecular flexibility index (Phi) is 6.96. The zero-order chi connectivity index (χ0) is 27.5. The normalized spacial score (nSPS) is 11.3. The van der Waals surface area contributed by atoms with E-state index in [4.69, 9.17) is 4.74 Å². The number of hydrogen-bond acceptors (Lipinski definition) is 8. The van der Waals surface area contributed by atoms with Crippen molar-refractivity contribution in [2.45, 2.75) is 6.92 Å². The third-order valence-corrected chi connectivity index (χ3v) is 6.07. The zero-order valence-corrected chi connectivity index (χ0v) is 21.6. The van der Waals surface area contributed by atoms with E-state index in [-0.39, 0.29) is 11.6 Å². The Balaban J connectivity index is 1.38. The second-order valence-corrected chi connectivity index (χ2v) is 8.80. The van der Waals surface area contributed by atoms with Gasteiger partial charge in [-0.1, -0.05) is 12.7 Å². The minimum Gasteiger partial charge on any atom is -0.455 e. The highest BCUT2D eigenvalue weighted by Gasteiger charge is 2.15. The number of ether oxygens (including phenoxy) is 1. The molecule has 0 radical (unpaired) electrons. The number of rotatable bonds is 8. The van der Waals surface area contributed by atoms with Crippen LogP contribution in [0.4, 0.5) is 15.9 Å². The maximum absolute atomic E-state index is 15.4. The Bertz CT molecular complexity index is 1750. The van der Waals surface area contributed by atoms with E-state index in [0.717, 1.165) is 5.65 Å². The maximum Gasteiger partial charge on any atom is 0.245 e. The van der Waals surface area contributed by atoms with E-state index in [1.54, 1.807) is 67.5 Å². The molecular formula is C28H25FN8O2. The largest absolute Gasteiger partial charge is 0.455 e. The lowest BCUT2D eigenvalue weighted by molar-refractivity contribution is -0.124. The van der Waals surface area contributed by atoms with Crippen LogP contribution in [0.5, 0.6) is 11.5 Å². The van der Waals surface area contributed by atoms with E-state index >= 15 is 4.39 Å². The van der Waals surface area contributed by atoms with Gasteiger partial charge in [0.1, 0.15) is 28.9 Å². The third kappa shape index (κ3) is 5.28. The lowest BCUT2D eigenvalue weighted by Crippen LogP contribution is -2.24. The van der Waals surface area contributed by atoms with E-state index in [9.17, 15) is 4.79 Å². The highest BCUT2D eigenvalue weighted by molar-refractivity contribution is 5.88. The molecule has 196 valence electrons. The van der Waals surface area contributed by atoms with Crippen molar-refractivity contribution in [2.24, 2.45) is 7.05 Å². The number of carbonyl (C=O) groups is 1. The molecule has 0 saturated heterocycles. The van der Waals surface area contributed by atoms with Crippen LogP contribution in [-0.2, 0) is 11.8 Å². The first-order valence-corrected chi connectivity index (χ1v) is 12.0. The third-order valence-electron chi connectivity index (χ3n) is 6.07. The number of nitrogens with zero attached hydrogens (tertiary/aromatic N) is 7. The lowest BCUT2D eigenvalue weighted by atomic mass is 10.1. The molecule has 0 aliphatic rings. The smallest absolute Gasteiger partial charge is 0.245 e. The second kappa shape index (κ2) is 10.7. The van der Waals surface area contributed by atoms with Gasteiger partial charge < -0.3 is 19.5 Å². The maximum atomic E-state index is 15.4. The van der Waals surface area contributed by atoms with Crippen LogP contribution in [0.3, 0.4) is 0 Å². The van der Waals surface area contributed by atoms with Gasteiger partial charge in [0.25, 0.3) is 0 Å². The first-order chi connectivity index (χ1) is 18.8. The molecule has 5 aromatic rings. The number of carbonyl (C=O) groups excluding carboxylic acids is 1. The number of aromatic nitrogens is 6. The van der Waals surface area contributed by atoms with Gasteiger partial charge in [0.05, 0.1) is 29.4 Å². The number of halogens is 1. The summed E-state index contributed by atoms with van der Waals surface area (Å²) in [5, 5.41) is 3.04. The average Bonchev–Trinajstić information content (AvgIpc) is 3.32. The summed E-state index contributed by atoms with van der Waals surface area (Å²) in [6.45, 7) is 5.51. The molecule has 11 heteroatoms. The van der Waals surface area contributed by atoms with Crippen LogP contribution in [0.1, 0.15) is 11.3 Å². The predicted molar refractivity (Wildman–Crippen MR) is 147 cm³/mol. The monoisotopic (exact) mass is 524 g/mol. The molecule has 4 aromatic heterocycles. The summed E-state index contributed by atoms with van der Waals surface area (Å²) in [5.74, 6) is 0.498. The summed E-state index contributed by atoms with van der Waals surface area (Å²) in [7, 11) is 3.54. The SMILES string of the molecule is C=CC(=O)N(C)CC=Cc1ccc2ncnc(Nc3ccc(Oc4cnc5c(c4)ncn5C)c(C)c3F)c2n1. The lowest BCUT2D eigenvalue weighted by Gasteiger charge is -2.14. The molecule has 0 atom stereocenters. The van der Waals surface area contributed by atoms with E-state index in [1.807, 2.05) is 13.1 Å². The first kappa shape index (κ1) is 25.5. The molecule has 0 spiro atoms. The van der Waals surface area contributed by atoms with Crippen molar-refractivity contribution in [3.05, 3.63) is 85.0 Å². The van der Waals surface area contributed by atoms with Gasteiger partial charge in [0.2, 0.25) is 5.91 Å². The van der Waals surface area contributed by atoms with Crippen LogP contribution in [0.2, 0.25) is 0 Å². The zero-order valence-electron chi connectivity index (χ0n) is 21.6. The van der Waals surface area contributed by atoms with Gasteiger partial charge in [0.15, 0.2) is 17.3 Å².